The van der Waals surface area contributed by atoms with Gasteiger partial charge in [-0.1, -0.05) is 137 Å². The lowest BCUT2D eigenvalue weighted by molar-refractivity contribution is 0.577. The smallest absolute Gasteiger partial charge is 0.0348 e. The van der Waals surface area contributed by atoms with Gasteiger partial charge in [0.25, 0.3) is 0 Å². The van der Waals surface area contributed by atoms with Gasteiger partial charge in [0.15, 0.2) is 0 Å². The van der Waals surface area contributed by atoms with E-state index in [-0.39, 0.29) is 0 Å². The third kappa shape index (κ3) is 20.2. The van der Waals surface area contributed by atoms with Crippen LogP contribution in [0.5, 0.6) is 0 Å². The molecule has 0 aliphatic heterocycles. The summed E-state index contributed by atoms with van der Waals surface area (Å²) in [5.41, 5.74) is 0. The molecule has 24 heavy (non-hydrogen) atoms. The van der Waals surface area contributed by atoms with Crippen LogP contribution in [0.3, 0.4) is 0 Å². The number of rotatable bonds is 15. The average molecular weight is 324 g/mol. The lowest BCUT2D eigenvalue weighted by Gasteiger charge is -1.99. The molecule has 0 fully saturated rings. The Balaban J connectivity index is 3.49. The molecule has 0 unspecified atom stereocenters. The van der Waals surface area contributed by atoms with Crippen LogP contribution in [0, 0.1) is 6.58 Å². The normalized spacial score (nSPS) is 13.0. The zero-order valence-electron chi connectivity index (χ0n) is 15.4. The molecule has 0 amide bonds. The second-order valence-electron chi connectivity index (χ2n) is 5.81. The van der Waals surface area contributed by atoms with E-state index >= 15 is 0 Å². The van der Waals surface area contributed by atoms with Crippen molar-refractivity contribution in [2.24, 2.45) is 0 Å². The molecule has 0 heterocycles. The first-order chi connectivity index (χ1) is 11.9. The Morgan fingerprint density at radius 1 is 0.500 bits per heavy atom. The Kier molecular flexibility index (Phi) is 19.6. The van der Waals surface area contributed by atoms with Gasteiger partial charge in [-0.3, -0.25) is 0 Å². The van der Waals surface area contributed by atoms with Crippen LogP contribution in [0.15, 0.2) is 79.0 Å². The van der Waals surface area contributed by atoms with Gasteiger partial charge in [0.2, 0.25) is 0 Å². The van der Waals surface area contributed by atoms with Crippen LogP contribution in [-0.4, -0.2) is 0 Å². The van der Waals surface area contributed by atoms with E-state index in [0.29, 0.717) is 0 Å². The van der Waals surface area contributed by atoms with E-state index in [0.717, 1.165) is 0 Å². The summed E-state index contributed by atoms with van der Waals surface area (Å²) in [6.07, 6.45) is 38.0. The van der Waals surface area contributed by atoms with Gasteiger partial charge in [-0.05, 0) is 12.8 Å². The molecular weight excluding hydrogens is 288 g/mol. The summed E-state index contributed by atoms with van der Waals surface area (Å²) >= 11 is 0. The van der Waals surface area contributed by atoms with Crippen molar-refractivity contribution in [2.45, 2.75) is 64.7 Å². The van der Waals surface area contributed by atoms with Gasteiger partial charge >= 0.3 is 0 Å². The highest BCUT2D eigenvalue weighted by Crippen LogP contribution is 2.09. The van der Waals surface area contributed by atoms with Crippen molar-refractivity contribution < 1.29 is 0 Å². The number of unbranched alkanes of at least 4 members (excludes halogenated alkanes) is 8. The van der Waals surface area contributed by atoms with E-state index < -0.39 is 0 Å². The maximum atomic E-state index is 5.22. The summed E-state index contributed by atoms with van der Waals surface area (Å²) < 4.78 is 0. The van der Waals surface area contributed by atoms with Gasteiger partial charge in [0, 0.05) is 0 Å². The van der Waals surface area contributed by atoms with Crippen molar-refractivity contribution in [1.82, 2.24) is 0 Å². The minimum atomic E-state index is 1.20. The SMILES string of the molecule is [CH]=C/C=C/C=C/C=C/C=C/C=C/C=C/CCCCCCCCCC. The third-order valence-electron chi connectivity index (χ3n) is 3.58. The molecular formula is C24H35. The van der Waals surface area contributed by atoms with Crippen LogP contribution in [0.1, 0.15) is 64.7 Å². The van der Waals surface area contributed by atoms with E-state index in [4.69, 9.17) is 6.58 Å². The number of hydrogen-bond acceptors (Lipinski definition) is 0. The van der Waals surface area contributed by atoms with Crippen LogP contribution in [-0.2, 0) is 0 Å². The second-order valence-corrected chi connectivity index (χ2v) is 5.81. The van der Waals surface area contributed by atoms with Crippen molar-refractivity contribution in [3.05, 3.63) is 85.6 Å². The van der Waals surface area contributed by atoms with E-state index in [1.807, 2.05) is 42.5 Å². The summed E-state index contributed by atoms with van der Waals surface area (Å²) in [7, 11) is 0. The molecule has 0 aromatic carbocycles. The van der Waals surface area contributed by atoms with E-state index in [9.17, 15) is 0 Å². The summed E-state index contributed by atoms with van der Waals surface area (Å²) in [6, 6.07) is 0. The minimum absolute atomic E-state index is 1.20. The summed E-state index contributed by atoms with van der Waals surface area (Å²) in [5, 5.41) is 0. The first-order valence-electron chi connectivity index (χ1n) is 9.45. The van der Waals surface area contributed by atoms with Crippen LogP contribution in [0.2, 0.25) is 0 Å². The summed E-state index contributed by atoms with van der Waals surface area (Å²) in [5.74, 6) is 0. The molecule has 0 heteroatoms. The predicted molar refractivity (Wildman–Crippen MR) is 111 cm³/mol. The topological polar surface area (TPSA) is 0 Å². The average Bonchev–Trinajstić information content (AvgIpc) is 2.60. The van der Waals surface area contributed by atoms with Crippen molar-refractivity contribution >= 4 is 0 Å². The molecule has 0 bridgehead atoms. The van der Waals surface area contributed by atoms with Gasteiger partial charge < -0.3 is 0 Å². The molecule has 0 aromatic heterocycles. The van der Waals surface area contributed by atoms with Gasteiger partial charge in [-0.15, -0.1) is 0 Å². The molecule has 0 aliphatic rings. The molecule has 0 N–H and O–H groups in total. The third-order valence-corrected chi connectivity index (χ3v) is 3.58. The van der Waals surface area contributed by atoms with Crippen LogP contribution in [0.4, 0.5) is 0 Å². The largest absolute Gasteiger partial charge is 0.0845 e. The van der Waals surface area contributed by atoms with E-state index in [1.165, 1.54) is 63.9 Å². The molecule has 0 saturated heterocycles. The maximum absolute atomic E-state index is 5.22. The van der Waals surface area contributed by atoms with Gasteiger partial charge in [0.05, 0.1) is 0 Å². The highest BCUT2D eigenvalue weighted by atomic mass is 14.0. The van der Waals surface area contributed by atoms with E-state index in [1.54, 1.807) is 6.08 Å². The predicted octanol–water partition coefficient (Wildman–Crippen LogP) is 7.84. The van der Waals surface area contributed by atoms with Gasteiger partial charge in [-0.2, -0.15) is 0 Å². The molecule has 0 saturated carbocycles. The van der Waals surface area contributed by atoms with Gasteiger partial charge in [-0.25, -0.2) is 0 Å². The monoisotopic (exact) mass is 323 g/mol. The Bertz CT molecular complexity index is 427. The van der Waals surface area contributed by atoms with Crippen LogP contribution in [0.25, 0.3) is 0 Å². The fourth-order valence-electron chi connectivity index (χ4n) is 2.21. The zero-order chi connectivity index (χ0) is 17.6. The molecule has 0 aromatic rings. The molecule has 0 nitrogen and oxygen atoms in total. The van der Waals surface area contributed by atoms with E-state index in [2.05, 4.69) is 31.2 Å². The first kappa shape index (κ1) is 22.2. The minimum Gasteiger partial charge on any atom is -0.0845 e. The fourth-order valence-corrected chi connectivity index (χ4v) is 2.21. The molecule has 0 rings (SSSR count). The van der Waals surface area contributed by atoms with Crippen molar-refractivity contribution in [3.8, 4) is 0 Å². The van der Waals surface area contributed by atoms with Crippen molar-refractivity contribution in [2.75, 3.05) is 0 Å². The maximum Gasteiger partial charge on any atom is -0.0348 e. The highest BCUT2D eigenvalue weighted by molar-refractivity contribution is 5.20. The molecule has 131 valence electrons. The standard InChI is InChI=1S/C24H35/c1-3-5-7-9-11-13-15-17-19-21-23-24-22-20-18-16-14-12-10-8-6-4-2/h1,3,5,7,9,11,13,15,17,19,21-24H,4,6,8,10,12,14,16,18,20H2,2H3/b3-1?,7-5+,11-9+,15-13+,19-17+,23-21+,24-22+. The summed E-state index contributed by atoms with van der Waals surface area (Å²) in [6.45, 7) is 7.49. The van der Waals surface area contributed by atoms with Crippen molar-refractivity contribution in [1.29, 1.82) is 0 Å². The summed E-state index contributed by atoms with van der Waals surface area (Å²) in [4.78, 5) is 0. The Labute approximate surface area is 150 Å². The zero-order valence-corrected chi connectivity index (χ0v) is 15.4. The molecule has 1 radical (unpaired) electrons. The molecule has 0 atom stereocenters. The highest BCUT2D eigenvalue weighted by Gasteiger charge is 1.89. The molecule has 0 aliphatic carbocycles. The first-order valence-corrected chi connectivity index (χ1v) is 9.45. The Hall–Kier alpha value is -1.82. The fraction of sp³-hybridized carbons (Fsp3) is 0.417. The van der Waals surface area contributed by atoms with Crippen LogP contribution >= 0.6 is 0 Å². The number of hydrogen-bond donors (Lipinski definition) is 0. The Morgan fingerprint density at radius 2 is 0.917 bits per heavy atom. The lowest BCUT2D eigenvalue weighted by atomic mass is 10.1. The van der Waals surface area contributed by atoms with Crippen molar-refractivity contribution in [3.63, 3.8) is 0 Å². The second kappa shape index (κ2) is 21.2. The lowest BCUT2D eigenvalue weighted by Crippen LogP contribution is -1.79. The number of allylic oxidation sites excluding steroid dienone is 13. The quantitative estimate of drug-likeness (QED) is 0.213. The van der Waals surface area contributed by atoms with Crippen LogP contribution < -0.4 is 0 Å². The Morgan fingerprint density at radius 3 is 1.42 bits per heavy atom. The molecule has 0 spiro atoms. The van der Waals surface area contributed by atoms with Gasteiger partial charge in [0.1, 0.15) is 0 Å².